The van der Waals surface area contributed by atoms with Crippen molar-refractivity contribution in [3.05, 3.63) is 0 Å². The molecule has 0 nitrogen and oxygen atoms in total. The minimum absolute atomic E-state index is 1.19. The third-order valence-electron chi connectivity index (χ3n) is 5.34. The summed E-state index contributed by atoms with van der Waals surface area (Å²) in [5.74, 6) is 7.31. The zero-order chi connectivity index (χ0) is 7.00. The largest absolute Gasteiger partial charge is 0.0473 e. The molecule has 0 amide bonds. The average molecular weight is 148 g/mol. The second-order valence-corrected chi connectivity index (χ2v) is 5.56. The van der Waals surface area contributed by atoms with Crippen LogP contribution in [-0.2, 0) is 0 Å². The molecular weight excluding hydrogens is 132 g/mol. The van der Waals surface area contributed by atoms with Crippen molar-refractivity contribution in [2.75, 3.05) is 0 Å². The smallest absolute Gasteiger partial charge is 0.0349 e. The van der Waals surface area contributed by atoms with E-state index in [-0.39, 0.29) is 0 Å². The van der Waals surface area contributed by atoms with Gasteiger partial charge in [-0.1, -0.05) is 0 Å². The van der Waals surface area contributed by atoms with E-state index in [1.165, 1.54) is 35.5 Å². The molecule has 0 aliphatic heterocycles. The summed E-state index contributed by atoms with van der Waals surface area (Å²) in [6, 6.07) is 0. The van der Waals surface area contributed by atoms with Crippen molar-refractivity contribution in [1.29, 1.82) is 0 Å². The first-order valence-corrected chi connectivity index (χ1v) is 5.42. The monoisotopic (exact) mass is 148 g/mol. The van der Waals surface area contributed by atoms with Crippen LogP contribution in [0.2, 0.25) is 0 Å². The Bertz CT molecular complexity index is 171. The molecule has 0 saturated heterocycles. The summed E-state index contributed by atoms with van der Waals surface area (Å²) in [6.45, 7) is 0. The van der Waals surface area contributed by atoms with Crippen LogP contribution in [0.4, 0.5) is 0 Å². The normalized spacial score (nSPS) is 69.8. The first kappa shape index (κ1) is 5.61. The summed E-state index contributed by atoms with van der Waals surface area (Å²) >= 11 is 0. The fourth-order valence-corrected chi connectivity index (χ4v) is 5.03. The van der Waals surface area contributed by atoms with Crippen LogP contribution in [0.25, 0.3) is 0 Å². The zero-order valence-electron chi connectivity index (χ0n) is 7.00. The maximum absolute atomic E-state index is 1.65. The molecule has 6 rings (SSSR count). The molecule has 0 heterocycles. The van der Waals surface area contributed by atoms with Crippen molar-refractivity contribution in [1.82, 2.24) is 0 Å². The highest BCUT2D eigenvalue weighted by Gasteiger charge is 2.59. The van der Waals surface area contributed by atoms with Crippen LogP contribution in [-0.4, -0.2) is 0 Å². The lowest BCUT2D eigenvalue weighted by atomic mass is 9.39. The molecule has 6 saturated carbocycles. The number of hydrogen-bond donors (Lipinski definition) is 0. The van der Waals surface area contributed by atoms with Gasteiger partial charge in [0, 0.05) is 0 Å². The predicted octanol–water partition coefficient (Wildman–Crippen LogP) is 2.69. The van der Waals surface area contributed by atoms with Gasteiger partial charge in [0.15, 0.2) is 0 Å². The Hall–Kier alpha value is 0. The van der Waals surface area contributed by atoms with Crippen molar-refractivity contribution < 1.29 is 0 Å². The number of rotatable bonds is 0. The van der Waals surface area contributed by atoms with E-state index in [0.717, 1.165) is 0 Å². The van der Waals surface area contributed by atoms with E-state index in [9.17, 15) is 0 Å². The third kappa shape index (κ3) is 0.494. The fourth-order valence-electron chi connectivity index (χ4n) is 5.03. The van der Waals surface area contributed by atoms with Crippen molar-refractivity contribution in [3.63, 3.8) is 0 Å². The molecule has 6 aliphatic carbocycles. The average Bonchev–Trinajstić information content (AvgIpc) is 1.94. The highest BCUT2D eigenvalue weighted by Crippen LogP contribution is 2.68. The van der Waals surface area contributed by atoms with Gasteiger partial charge in [-0.2, -0.15) is 0 Å². The Kier molecular flexibility index (Phi) is 0.781. The van der Waals surface area contributed by atoms with Crippen LogP contribution in [0, 0.1) is 35.5 Å². The van der Waals surface area contributed by atoms with Crippen LogP contribution in [0.15, 0.2) is 0 Å². The Balaban J connectivity index is 1.82. The van der Waals surface area contributed by atoms with Gasteiger partial charge in [0.05, 0.1) is 0 Å². The van der Waals surface area contributed by atoms with Gasteiger partial charge in [0.2, 0.25) is 0 Å². The number of hydrogen-bond acceptors (Lipinski definition) is 0. The summed E-state index contributed by atoms with van der Waals surface area (Å²) in [5, 5.41) is 0. The van der Waals surface area contributed by atoms with E-state index >= 15 is 0 Å². The van der Waals surface area contributed by atoms with E-state index in [2.05, 4.69) is 0 Å². The van der Waals surface area contributed by atoms with Crippen molar-refractivity contribution in [2.24, 2.45) is 35.5 Å². The highest BCUT2D eigenvalue weighted by atomic mass is 14.6. The Morgan fingerprint density at radius 3 is 1.91 bits per heavy atom. The van der Waals surface area contributed by atoms with Gasteiger partial charge in [-0.25, -0.2) is 0 Å². The molecule has 6 atom stereocenters. The van der Waals surface area contributed by atoms with E-state index in [1.807, 2.05) is 0 Å². The molecule has 0 radical (unpaired) electrons. The quantitative estimate of drug-likeness (QED) is 0.495. The zero-order valence-corrected chi connectivity index (χ0v) is 7.00. The van der Waals surface area contributed by atoms with Gasteiger partial charge in [0.25, 0.3) is 0 Å². The minimum atomic E-state index is 1.19. The lowest BCUT2D eigenvalue weighted by molar-refractivity contribution is -0.170. The van der Waals surface area contributed by atoms with Gasteiger partial charge in [-0.3, -0.25) is 0 Å². The van der Waals surface area contributed by atoms with Crippen LogP contribution >= 0.6 is 0 Å². The molecular formula is C11H16. The summed E-state index contributed by atoms with van der Waals surface area (Å²) in [7, 11) is 0. The summed E-state index contributed by atoms with van der Waals surface area (Å²) in [5.41, 5.74) is 0. The van der Waals surface area contributed by atoms with Crippen molar-refractivity contribution in [3.8, 4) is 0 Å². The first-order chi connectivity index (χ1) is 5.42. The molecule has 11 heavy (non-hydrogen) atoms. The third-order valence-corrected chi connectivity index (χ3v) is 5.34. The van der Waals surface area contributed by atoms with Gasteiger partial charge in [-0.15, -0.1) is 0 Å². The molecule has 6 bridgehead atoms. The molecule has 60 valence electrons. The standard InChI is InChI=1S/C11H16/c1-6-2-8-4-7(1)9-5-10(8)11(9)3-6/h6-11H,1-5H2/t6?,7-,8+,9?,10?,11?. The van der Waals surface area contributed by atoms with E-state index < -0.39 is 0 Å². The van der Waals surface area contributed by atoms with Gasteiger partial charge in [-0.05, 0) is 67.6 Å². The van der Waals surface area contributed by atoms with Crippen LogP contribution in [0.1, 0.15) is 32.1 Å². The first-order valence-electron chi connectivity index (χ1n) is 5.42. The molecule has 6 aliphatic rings. The minimum Gasteiger partial charge on any atom is -0.0473 e. The maximum atomic E-state index is 1.65. The molecule has 0 spiro atoms. The Labute approximate surface area is 68.4 Å². The van der Waals surface area contributed by atoms with E-state index in [4.69, 9.17) is 0 Å². The second kappa shape index (κ2) is 1.53. The topological polar surface area (TPSA) is 0 Å². The summed E-state index contributed by atoms with van der Waals surface area (Å²) in [6.07, 6.45) is 8.19. The van der Waals surface area contributed by atoms with Crippen LogP contribution in [0.5, 0.6) is 0 Å². The fraction of sp³-hybridized carbons (Fsp3) is 1.00. The SMILES string of the molecule is C1C2C[C@@H]3C[C@H](C2)C2CC3C12. The lowest BCUT2D eigenvalue weighted by Crippen LogP contribution is -2.58. The predicted molar refractivity (Wildman–Crippen MR) is 44.0 cm³/mol. The Morgan fingerprint density at radius 1 is 0.545 bits per heavy atom. The van der Waals surface area contributed by atoms with E-state index in [0.29, 0.717) is 0 Å². The molecule has 4 unspecified atom stereocenters. The molecule has 0 heteroatoms. The molecule has 0 aromatic carbocycles. The van der Waals surface area contributed by atoms with Crippen molar-refractivity contribution >= 4 is 0 Å². The second-order valence-electron chi connectivity index (χ2n) is 5.56. The molecule has 6 fully saturated rings. The lowest BCUT2D eigenvalue weighted by Gasteiger charge is -2.66. The molecule has 0 aromatic heterocycles. The van der Waals surface area contributed by atoms with Crippen LogP contribution < -0.4 is 0 Å². The van der Waals surface area contributed by atoms with Gasteiger partial charge in [0.1, 0.15) is 0 Å². The maximum Gasteiger partial charge on any atom is -0.0349 e. The molecule has 0 N–H and O–H groups in total. The summed E-state index contributed by atoms with van der Waals surface area (Å²) < 4.78 is 0. The van der Waals surface area contributed by atoms with Crippen LogP contribution in [0.3, 0.4) is 0 Å². The summed E-state index contributed by atoms with van der Waals surface area (Å²) in [4.78, 5) is 0. The van der Waals surface area contributed by atoms with Crippen molar-refractivity contribution in [2.45, 2.75) is 32.1 Å². The highest BCUT2D eigenvalue weighted by molar-refractivity contribution is 5.09. The molecule has 0 aromatic rings. The van der Waals surface area contributed by atoms with Gasteiger partial charge >= 0.3 is 0 Å². The Morgan fingerprint density at radius 2 is 1.27 bits per heavy atom. The van der Waals surface area contributed by atoms with E-state index in [1.54, 1.807) is 32.1 Å². The van der Waals surface area contributed by atoms with Gasteiger partial charge < -0.3 is 0 Å².